The average Bonchev–Trinajstić information content (AvgIpc) is 3.60. The summed E-state index contributed by atoms with van der Waals surface area (Å²) in [6, 6.07) is 61.8. The zero-order chi connectivity index (χ0) is 35.3. The van der Waals surface area contributed by atoms with Crippen LogP contribution in [-0.4, -0.2) is 0 Å². The van der Waals surface area contributed by atoms with Gasteiger partial charge in [-0.05, 0) is 109 Å². The number of hydrogen-bond acceptors (Lipinski definition) is 2. The van der Waals surface area contributed by atoms with Gasteiger partial charge in [0.15, 0.2) is 0 Å². The van der Waals surface area contributed by atoms with Crippen LogP contribution in [0, 0.1) is 0 Å². The van der Waals surface area contributed by atoms with Gasteiger partial charge >= 0.3 is 0 Å². The molecule has 0 aromatic heterocycles. The number of hydrogen-bond donors (Lipinski definition) is 0. The van der Waals surface area contributed by atoms with Crippen LogP contribution in [0.25, 0.3) is 60.5 Å². The highest BCUT2D eigenvalue weighted by Gasteiger charge is 2.28. The topological polar surface area (TPSA) is 3.24 Å². The smallest absolute Gasteiger partial charge is 0.0847 e. The molecule has 250 valence electrons. The summed E-state index contributed by atoms with van der Waals surface area (Å²) in [5, 5.41) is 6.25. The quantitative estimate of drug-likeness (QED) is 0.177. The van der Waals surface area contributed by atoms with E-state index in [9.17, 15) is 0 Å². The third-order valence-corrected chi connectivity index (χ3v) is 11.7. The van der Waals surface area contributed by atoms with Crippen molar-refractivity contribution < 1.29 is 0 Å². The highest BCUT2D eigenvalue weighted by Crippen LogP contribution is 2.51. The lowest BCUT2D eigenvalue weighted by atomic mass is 9.93. The third-order valence-electron chi connectivity index (χ3n) is 10.7. The summed E-state index contributed by atoms with van der Waals surface area (Å²) < 4.78 is 0. The summed E-state index contributed by atoms with van der Waals surface area (Å²) in [5.41, 5.74) is 14.7. The predicted molar refractivity (Wildman–Crippen MR) is 228 cm³/mol. The van der Waals surface area contributed by atoms with Crippen LogP contribution in [-0.2, 0) is 6.42 Å². The molecular formula is C51H35NS. The van der Waals surface area contributed by atoms with E-state index in [0.717, 1.165) is 28.4 Å². The first-order valence-electron chi connectivity index (χ1n) is 18.2. The fourth-order valence-electron chi connectivity index (χ4n) is 8.12. The minimum absolute atomic E-state index is 0.934. The molecule has 0 radical (unpaired) electrons. The SMILES string of the molecule is C=C1/C=C\C=C(\N(c2ccc(-c3ccc4ccccc4c3)cc2)c2ccccc2-c2ccccc2)Sc2ccc3c(c21)-c1ccc2ccccc2c1C3. The van der Waals surface area contributed by atoms with E-state index >= 15 is 0 Å². The number of fused-ring (bicyclic) bond motifs is 8. The van der Waals surface area contributed by atoms with Crippen LogP contribution in [0.15, 0.2) is 205 Å². The van der Waals surface area contributed by atoms with Gasteiger partial charge in [-0.2, -0.15) is 0 Å². The van der Waals surface area contributed by atoms with Gasteiger partial charge in [-0.1, -0.05) is 170 Å². The number of rotatable bonds is 5. The molecule has 2 heteroatoms. The Morgan fingerprint density at radius 1 is 0.528 bits per heavy atom. The number of benzene rings is 8. The number of para-hydroxylation sites is 1. The van der Waals surface area contributed by atoms with Crippen molar-refractivity contribution in [3.05, 3.63) is 216 Å². The molecule has 0 unspecified atom stereocenters. The highest BCUT2D eigenvalue weighted by atomic mass is 32.2. The van der Waals surface area contributed by atoms with Crippen molar-refractivity contribution in [1.29, 1.82) is 0 Å². The summed E-state index contributed by atoms with van der Waals surface area (Å²) in [7, 11) is 0. The zero-order valence-electron chi connectivity index (χ0n) is 29.2. The summed E-state index contributed by atoms with van der Waals surface area (Å²) in [6.45, 7) is 4.62. The van der Waals surface area contributed by atoms with Crippen LogP contribution in [0.4, 0.5) is 11.4 Å². The van der Waals surface area contributed by atoms with Crippen molar-refractivity contribution in [3.63, 3.8) is 0 Å². The standard InChI is InChI=1S/C51H35NS/c1-34-12-11-21-49(53-48-31-27-41-33-46-43-18-8-7-16-38(43)26-30-45(46)51(41)50(34)48)52(47-20-10-9-19-44(47)37-14-3-2-4-15-37)42-28-24-36(25-29-42)40-23-22-35-13-5-6-17-39(35)32-40/h2-32H,1,33H2/b12-11-,49-21-. The molecule has 0 saturated carbocycles. The molecule has 0 bridgehead atoms. The average molecular weight is 694 g/mol. The molecular weight excluding hydrogens is 659 g/mol. The van der Waals surface area contributed by atoms with E-state index in [-0.39, 0.29) is 0 Å². The minimum atomic E-state index is 0.934. The molecule has 0 atom stereocenters. The molecule has 1 nitrogen and oxygen atoms in total. The van der Waals surface area contributed by atoms with E-state index in [2.05, 4.69) is 200 Å². The molecule has 0 amide bonds. The molecule has 8 aromatic rings. The Kier molecular flexibility index (Phi) is 7.70. The lowest BCUT2D eigenvalue weighted by Crippen LogP contribution is -2.16. The van der Waals surface area contributed by atoms with E-state index in [1.807, 2.05) is 11.8 Å². The Bertz CT molecular complexity index is 2790. The molecule has 8 aromatic carbocycles. The van der Waals surface area contributed by atoms with Crippen LogP contribution in [0.2, 0.25) is 0 Å². The van der Waals surface area contributed by atoms with Gasteiger partial charge in [0.2, 0.25) is 0 Å². The Balaban J connectivity index is 1.11. The maximum Gasteiger partial charge on any atom is 0.0847 e. The van der Waals surface area contributed by atoms with Crippen molar-refractivity contribution in [2.45, 2.75) is 11.3 Å². The first-order valence-corrected chi connectivity index (χ1v) is 19.0. The molecule has 0 fully saturated rings. The number of nitrogens with zero attached hydrogens (tertiary/aromatic N) is 1. The van der Waals surface area contributed by atoms with Crippen molar-refractivity contribution in [2.75, 3.05) is 4.90 Å². The van der Waals surface area contributed by atoms with E-state index in [1.165, 1.54) is 76.5 Å². The first kappa shape index (κ1) is 31.4. The molecule has 1 aliphatic heterocycles. The van der Waals surface area contributed by atoms with Crippen LogP contribution in [0.1, 0.15) is 16.7 Å². The van der Waals surface area contributed by atoms with Crippen molar-refractivity contribution in [2.24, 2.45) is 0 Å². The van der Waals surface area contributed by atoms with Gasteiger partial charge in [-0.3, -0.25) is 0 Å². The second kappa shape index (κ2) is 13.0. The van der Waals surface area contributed by atoms with Crippen LogP contribution in [0.5, 0.6) is 0 Å². The molecule has 0 N–H and O–H groups in total. The van der Waals surface area contributed by atoms with Gasteiger partial charge in [0.05, 0.1) is 10.7 Å². The number of anilines is 2. The highest BCUT2D eigenvalue weighted by molar-refractivity contribution is 8.03. The van der Waals surface area contributed by atoms with Gasteiger partial charge in [0, 0.05) is 21.7 Å². The van der Waals surface area contributed by atoms with E-state index in [4.69, 9.17) is 0 Å². The normalized spacial score (nSPS) is 14.8. The van der Waals surface area contributed by atoms with Crippen molar-refractivity contribution in [3.8, 4) is 33.4 Å². The van der Waals surface area contributed by atoms with Gasteiger partial charge in [0.25, 0.3) is 0 Å². The Morgan fingerprint density at radius 3 is 2.11 bits per heavy atom. The van der Waals surface area contributed by atoms with Gasteiger partial charge in [-0.25, -0.2) is 0 Å². The molecule has 1 heterocycles. The summed E-state index contributed by atoms with van der Waals surface area (Å²) in [4.78, 5) is 3.63. The fraction of sp³-hybridized carbons (Fsp3) is 0.0196. The van der Waals surface area contributed by atoms with Crippen molar-refractivity contribution >= 4 is 50.3 Å². The molecule has 2 aliphatic rings. The van der Waals surface area contributed by atoms with Gasteiger partial charge < -0.3 is 4.90 Å². The van der Waals surface area contributed by atoms with Gasteiger partial charge in [0.1, 0.15) is 0 Å². The zero-order valence-corrected chi connectivity index (χ0v) is 30.0. The van der Waals surface area contributed by atoms with E-state index in [0.29, 0.717) is 0 Å². The molecule has 10 rings (SSSR count). The molecule has 1 aliphatic carbocycles. The molecule has 53 heavy (non-hydrogen) atoms. The second-order valence-electron chi connectivity index (χ2n) is 13.8. The van der Waals surface area contributed by atoms with Crippen LogP contribution < -0.4 is 4.90 Å². The summed E-state index contributed by atoms with van der Waals surface area (Å²) in [6.07, 6.45) is 7.53. The van der Waals surface area contributed by atoms with Crippen molar-refractivity contribution in [1.82, 2.24) is 0 Å². The third kappa shape index (κ3) is 5.51. The minimum Gasteiger partial charge on any atom is -0.304 e. The largest absolute Gasteiger partial charge is 0.304 e. The fourth-order valence-corrected chi connectivity index (χ4v) is 9.26. The maximum absolute atomic E-state index is 4.62. The Morgan fingerprint density at radius 2 is 1.25 bits per heavy atom. The molecule has 0 spiro atoms. The van der Waals surface area contributed by atoms with Crippen LogP contribution in [0.3, 0.4) is 0 Å². The van der Waals surface area contributed by atoms with E-state index < -0.39 is 0 Å². The predicted octanol–water partition coefficient (Wildman–Crippen LogP) is 14.3. The second-order valence-corrected chi connectivity index (χ2v) is 14.8. The Labute approximate surface area is 314 Å². The number of thioether (sulfide) groups is 1. The lowest BCUT2D eigenvalue weighted by molar-refractivity contribution is 1.24. The van der Waals surface area contributed by atoms with E-state index in [1.54, 1.807) is 0 Å². The summed E-state index contributed by atoms with van der Waals surface area (Å²) in [5.74, 6) is 0. The molecule has 0 saturated heterocycles. The lowest BCUT2D eigenvalue weighted by Gasteiger charge is -2.31. The number of allylic oxidation sites excluding steroid dienone is 4. The first-order chi connectivity index (χ1) is 26.2. The maximum atomic E-state index is 4.62. The monoisotopic (exact) mass is 693 g/mol. The van der Waals surface area contributed by atoms with Gasteiger partial charge in [-0.15, -0.1) is 0 Å². The summed E-state index contributed by atoms with van der Waals surface area (Å²) >= 11 is 1.82. The Hall–Kier alpha value is -6.35. The van der Waals surface area contributed by atoms with Crippen LogP contribution >= 0.6 is 11.8 Å².